The van der Waals surface area contributed by atoms with Crippen LogP contribution in [0.2, 0.25) is 0 Å². The molecule has 42 valence electrons. The summed E-state index contributed by atoms with van der Waals surface area (Å²) in [5, 5.41) is 0. The van der Waals surface area contributed by atoms with Gasteiger partial charge in [0.2, 0.25) is 0 Å². The zero-order valence-corrected chi connectivity index (χ0v) is 4.93. The highest BCUT2D eigenvalue weighted by Crippen LogP contribution is 2.53. The van der Waals surface area contributed by atoms with Gasteiger partial charge in [-0.15, -0.1) is 12.3 Å². The van der Waals surface area contributed by atoms with E-state index in [0.717, 1.165) is 11.8 Å². The van der Waals surface area contributed by atoms with Gasteiger partial charge in [0.1, 0.15) is 0 Å². The van der Waals surface area contributed by atoms with Crippen molar-refractivity contribution in [2.75, 3.05) is 0 Å². The van der Waals surface area contributed by atoms with E-state index in [0.29, 0.717) is 5.92 Å². The van der Waals surface area contributed by atoms with Crippen LogP contribution in [-0.4, -0.2) is 0 Å². The average Bonchev–Trinajstić information content (AvgIpc) is 2.40. The van der Waals surface area contributed by atoms with E-state index in [1.54, 1.807) is 0 Å². The normalized spacial score (nSPS) is 50.1. The Labute approximate surface area is 50.3 Å². The lowest BCUT2D eigenvalue weighted by molar-refractivity contribution is 0.611. The molecule has 2 saturated carbocycles. The van der Waals surface area contributed by atoms with E-state index in [2.05, 4.69) is 5.92 Å². The zero-order chi connectivity index (χ0) is 5.56. The Balaban J connectivity index is 2.01. The van der Waals surface area contributed by atoms with Crippen LogP contribution in [0.4, 0.5) is 0 Å². The van der Waals surface area contributed by atoms with Crippen LogP contribution in [0.1, 0.15) is 19.3 Å². The van der Waals surface area contributed by atoms with Crippen LogP contribution in [0.15, 0.2) is 0 Å². The molecule has 0 saturated heterocycles. The highest BCUT2D eigenvalue weighted by Gasteiger charge is 2.44. The van der Waals surface area contributed by atoms with Gasteiger partial charge in [-0.05, 0) is 31.1 Å². The molecule has 0 heteroatoms. The second kappa shape index (κ2) is 1.29. The first-order chi connectivity index (χ1) is 3.90. The quantitative estimate of drug-likeness (QED) is 0.412. The fourth-order valence-corrected chi connectivity index (χ4v) is 1.85. The van der Waals surface area contributed by atoms with E-state index in [-0.39, 0.29) is 0 Å². The Bertz CT molecular complexity index is 131. The van der Waals surface area contributed by atoms with Crippen molar-refractivity contribution in [2.24, 2.45) is 17.8 Å². The molecule has 0 nitrogen and oxygen atoms in total. The van der Waals surface area contributed by atoms with E-state index >= 15 is 0 Å². The van der Waals surface area contributed by atoms with Gasteiger partial charge in [0.15, 0.2) is 0 Å². The minimum absolute atomic E-state index is 0.652. The summed E-state index contributed by atoms with van der Waals surface area (Å²) >= 11 is 0. The summed E-state index contributed by atoms with van der Waals surface area (Å²) in [4.78, 5) is 0. The molecule has 0 aromatic carbocycles. The predicted octanol–water partition coefficient (Wildman–Crippen LogP) is 1.67. The van der Waals surface area contributed by atoms with Gasteiger partial charge in [-0.2, -0.15) is 0 Å². The number of fused-ring (bicyclic) bond motifs is 1. The smallest absolute Gasteiger partial charge is 0.0205 e. The summed E-state index contributed by atoms with van der Waals surface area (Å²) < 4.78 is 0. The Kier molecular flexibility index (Phi) is 0.713. The maximum Gasteiger partial charge on any atom is 0.0205 e. The number of terminal acetylenes is 1. The molecule has 2 aliphatic carbocycles. The Hall–Kier alpha value is -0.440. The molecule has 0 radical (unpaired) electrons. The third-order valence-corrected chi connectivity index (χ3v) is 2.48. The molecule has 0 heterocycles. The van der Waals surface area contributed by atoms with Gasteiger partial charge in [0.05, 0.1) is 0 Å². The third-order valence-electron chi connectivity index (χ3n) is 2.48. The van der Waals surface area contributed by atoms with Crippen LogP contribution in [0.25, 0.3) is 0 Å². The van der Waals surface area contributed by atoms with Gasteiger partial charge in [0.25, 0.3) is 0 Å². The van der Waals surface area contributed by atoms with Crippen LogP contribution in [0.5, 0.6) is 0 Å². The summed E-state index contributed by atoms with van der Waals surface area (Å²) in [5.74, 6) is 5.58. The van der Waals surface area contributed by atoms with Crippen LogP contribution in [0.3, 0.4) is 0 Å². The average molecular weight is 106 g/mol. The molecule has 0 aromatic rings. The van der Waals surface area contributed by atoms with E-state index in [9.17, 15) is 0 Å². The SMILES string of the molecule is C#CC1CC2CC2C1. The standard InChI is InChI=1S/C8H10/c1-2-6-3-7-5-8(7)4-6/h1,6-8H,3-5H2. The van der Waals surface area contributed by atoms with Gasteiger partial charge in [0, 0.05) is 5.92 Å². The fourth-order valence-electron chi connectivity index (χ4n) is 1.85. The van der Waals surface area contributed by atoms with Crippen molar-refractivity contribution >= 4 is 0 Å². The zero-order valence-electron chi connectivity index (χ0n) is 4.93. The first-order valence-electron chi connectivity index (χ1n) is 3.36. The molecular weight excluding hydrogens is 96.1 g/mol. The molecule has 2 unspecified atom stereocenters. The van der Waals surface area contributed by atoms with Crippen LogP contribution in [-0.2, 0) is 0 Å². The topological polar surface area (TPSA) is 0 Å². The van der Waals surface area contributed by atoms with Crippen LogP contribution < -0.4 is 0 Å². The molecule has 8 heavy (non-hydrogen) atoms. The van der Waals surface area contributed by atoms with Crippen molar-refractivity contribution in [3.05, 3.63) is 0 Å². The van der Waals surface area contributed by atoms with E-state index in [1.165, 1.54) is 19.3 Å². The lowest BCUT2D eigenvalue weighted by Crippen LogP contribution is -1.90. The molecule has 0 amide bonds. The van der Waals surface area contributed by atoms with Gasteiger partial charge < -0.3 is 0 Å². The molecular formula is C8H10. The molecule has 0 N–H and O–H groups in total. The van der Waals surface area contributed by atoms with Gasteiger partial charge in [-0.25, -0.2) is 0 Å². The maximum atomic E-state index is 5.27. The van der Waals surface area contributed by atoms with E-state index in [1.807, 2.05) is 0 Å². The van der Waals surface area contributed by atoms with Crippen molar-refractivity contribution in [1.82, 2.24) is 0 Å². The maximum absolute atomic E-state index is 5.27. The van der Waals surface area contributed by atoms with Crippen LogP contribution >= 0.6 is 0 Å². The lowest BCUT2D eigenvalue weighted by Gasteiger charge is -1.98. The van der Waals surface area contributed by atoms with Crippen molar-refractivity contribution in [2.45, 2.75) is 19.3 Å². The summed E-state index contributed by atoms with van der Waals surface area (Å²) in [6, 6.07) is 0. The minimum atomic E-state index is 0.652. The Morgan fingerprint density at radius 3 is 2.12 bits per heavy atom. The van der Waals surface area contributed by atoms with Gasteiger partial charge in [-0.3, -0.25) is 0 Å². The number of hydrogen-bond acceptors (Lipinski definition) is 0. The summed E-state index contributed by atoms with van der Waals surface area (Å²) in [6.07, 6.45) is 9.42. The monoisotopic (exact) mass is 106 g/mol. The van der Waals surface area contributed by atoms with Gasteiger partial charge in [-0.1, -0.05) is 0 Å². The largest absolute Gasteiger partial charge is 0.120 e. The minimum Gasteiger partial charge on any atom is -0.120 e. The predicted molar refractivity (Wildman–Crippen MR) is 33.2 cm³/mol. The van der Waals surface area contributed by atoms with Crippen molar-refractivity contribution in [3.63, 3.8) is 0 Å². The first kappa shape index (κ1) is 4.44. The Morgan fingerprint density at radius 2 is 1.75 bits per heavy atom. The van der Waals surface area contributed by atoms with Crippen molar-refractivity contribution in [3.8, 4) is 12.3 Å². The van der Waals surface area contributed by atoms with Crippen molar-refractivity contribution < 1.29 is 0 Å². The molecule has 0 bridgehead atoms. The lowest BCUT2D eigenvalue weighted by atomic mass is 10.1. The third kappa shape index (κ3) is 0.478. The number of hydrogen-bond donors (Lipinski definition) is 0. The highest BCUT2D eigenvalue weighted by atomic mass is 14.5. The molecule has 2 rings (SSSR count). The Morgan fingerprint density at radius 1 is 1.12 bits per heavy atom. The molecule has 2 atom stereocenters. The van der Waals surface area contributed by atoms with Crippen molar-refractivity contribution in [1.29, 1.82) is 0 Å². The summed E-state index contributed by atoms with van der Waals surface area (Å²) in [7, 11) is 0. The fraction of sp³-hybridized carbons (Fsp3) is 0.750. The molecule has 0 aromatic heterocycles. The molecule has 2 aliphatic rings. The van der Waals surface area contributed by atoms with Gasteiger partial charge >= 0.3 is 0 Å². The first-order valence-corrected chi connectivity index (χ1v) is 3.36. The van der Waals surface area contributed by atoms with E-state index < -0.39 is 0 Å². The van der Waals surface area contributed by atoms with E-state index in [4.69, 9.17) is 6.42 Å². The second-order valence-corrected chi connectivity index (χ2v) is 3.09. The number of rotatable bonds is 0. The molecule has 0 spiro atoms. The summed E-state index contributed by atoms with van der Waals surface area (Å²) in [5.41, 5.74) is 0. The summed E-state index contributed by atoms with van der Waals surface area (Å²) in [6.45, 7) is 0. The highest BCUT2D eigenvalue weighted by molar-refractivity contribution is 5.06. The molecule has 2 fully saturated rings. The molecule has 0 aliphatic heterocycles. The van der Waals surface area contributed by atoms with Crippen LogP contribution in [0, 0.1) is 30.1 Å². The second-order valence-electron chi connectivity index (χ2n) is 3.09.